The van der Waals surface area contributed by atoms with Crippen LogP contribution in [0.4, 0.5) is 8.78 Å². The van der Waals surface area contributed by atoms with Gasteiger partial charge in [0.15, 0.2) is 17.4 Å². The molecule has 5 heteroatoms. The van der Waals surface area contributed by atoms with E-state index in [4.69, 9.17) is 9.47 Å². The zero-order chi connectivity index (χ0) is 24.1. The number of halogens is 2. The molecule has 3 nitrogen and oxygen atoms in total. The van der Waals surface area contributed by atoms with Gasteiger partial charge in [0.05, 0.1) is 13.2 Å². The van der Waals surface area contributed by atoms with E-state index in [1.807, 2.05) is 0 Å². The molecule has 0 aliphatic heterocycles. The van der Waals surface area contributed by atoms with Crippen molar-refractivity contribution in [3.8, 4) is 5.75 Å². The smallest absolute Gasteiger partial charge is 0.330 e. The van der Waals surface area contributed by atoms with Crippen LogP contribution in [-0.4, -0.2) is 19.2 Å². The average Bonchev–Trinajstić information content (AvgIpc) is 2.80. The maximum Gasteiger partial charge on any atom is 0.330 e. The Hall–Kier alpha value is -1.91. The predicted octanol–water partition coefficient (Wildman–Crippen LogP) is 8.12. The molecule has 1 aromatic carbocycles. The van der Waals surface area contributed by atoms with Crippen LogP contribution in [-0.2, 0) is 9.53 Å². The molecule has 1 saturated carbocycles. The second-order valence-electron chi connectivity index (χ2n) is 9.48. The van der Waals surface area contributed by atoms with Crippen molar-refractivity contribution in [2.45, 2.75) is 96.8 Å². The van der Waals surface area contributed by atoms with Crippen LogP contribution in [0.1, 0.15) is 102 Å². The molecule has 1 fully saturated rings. The highest BCUT2D eigenvalue weighted by Gasteiger charge is 2.24. The van der Waals surface area contributed by atoms with Crippen LogP contribution in [0.5, 0.6) is 5.75 Å². The van der Waals surface area contributed by atoms with Crippen molar-refractivity contribution in [3.63, 3.8) is 0 Å². The lowest BCUT2D eigenvalue weighted by Gasteiger charge is -2.29. The maximum atomic E-state index is 14.5. The Morgan fingerprint density at radius 1 is 1.03 bits per heavy atom. The minimum Gasteiger partial charge on any atom is -0.487 e. The second kappa shape index (κ2) is 15.1. The monoisotopic (exact) mass is 464 g/mol. The summed E-state index contributed by atoms with van der Waals surface area (Å²) in [5.41, 5.74) is 0.738. The molecule has 0 saturated heterocycles. The molecule has 0 amide bonds. The van der Waals surface area contributed by atoms with Crippen molar-refractivity contribution in [2.75, 3.05) is 13.2 Å². The van der Waals surface area contributed by atoms with Crippen molar-refractivity contribution >= 4 is 5.97 Å². The van der Waals surface area contributed by atoms with Gasteiger partial charge in [0.2, 0.25) is 0 Å². The topological polar surface area (TPSA) is 35.5 Å². The Bertz CT molecular complexity index is 697. The molecule has 1 aliphatic carbocycles. The molecule has 1 aliphatic rings. The molecular weight excluding hydrogens is 422 g/mol. The molecule has 186 valence electrons. The zero-order valence-electron chi connectivity index (χ0n) is 20.6. The summed E-state index contributed by atoms with van der Waals surface area (Å²) in [6, 6.07) is 2.86. The summed E-state index contributed by atoms with van der Waals surface area (Å²) in [7, 11) is 0. The van der Waals surface area contributed by atoms with Gasteiger partial charge < -0.3 is 9.47 Å². The molecule has 0 aromatic heterocycles. The Morgan fingerprint density at radius 3 is 2.24 bits per heavy atom. The first-order valence-corrected chi connectivity index (χ1v) is 12.9. The molecule has 0 heterocycles. The lowest BCUT2D eigenvalue weighted by Crippen LogP contribution is -2.14. The summed E-state index contributed by atoms with van der Waals surface area (Å²) in [4.78, 5) is 11.0. The fourth-order valence-electron chi connectivity index (χ4n) is 5.15. The highest BCUT2D eigenvalue weighted by Crippen LogP contribution is 2.39. The number of esters is 1. The van der Waals surface area contributed by atoms with Gasteiger partial charge >= 0.3 is 5.97 Å². The van der Waals surface area contributed by atoms with Gasteiger partial charge in [-0.3, -0.25) is 0 Å². The number of ether oxygens (including phenoxy) is 2. The van der Waals surface area contributed by atoms with E-state index >= 15 is 0 Å². The summed E-state index contributed by atoms with van der Waals surface area (Å²) in [5, 5.41) is 0. The van der Waals surface area contributed by atoms with Crippen molar-refractivity contribution in [3.05, 3.63) is 42.0 Å². The zero-order valence-corrected chi connectivity index (χ0v) is 20.6. The van der Waals surface area contributed by atoms with Gasteiger partial charge in [-0.05, 0) is 61.1 Å². The third-order valence-corrected chi connectivity index (χ3v) is 6.90. The van der Waals surface area contributed by atoms with Gasteiger partial charge in [0.1, 0.15) is 0 Å². The number of hydrogen-bond acceptors (Lipinski definition) is 3. The highest BCUT2D eigenvalue weighted by atomic mass is 19.1. The minimum atomic E-state index is -0.659. The van der Waals surface area contributed by atoms with Gasteiger partial charge in [-0.15, -0.1) is 0 Å². The molecule has 2 rings (SSSR count). The Kier molecular flexibility index (Phi) is 12.5. The summed E-state index contributed by atoms with van der Waals surface area (Å²) in [6.45, 7) is 8.05. The normalized spacial score (nSPS) is 18.3. The van der Waals surface area contributed by atoms with Crippen LogP contribution >= 0.6 is 0 Å². The van der Waals surface area contributed by atoms with E-state index in [-0.39, 0.29) is 24.9 Å². The molecule has 0 N–H and O–H groups in total. The van der Waals surface area contributed by atoms with E-state index < -0.39 is 17.6 Å². The average molecular weight is 465 g/mol. The first-order valence-electron chi connectivity index (χ1n) is 12.9. The maximum absolute atomic E-state index is 14.5. The van der Waals surface area contributed by atoms with Crippen LogP contribution in [0.2, 0.25) is 0 Å². The third kappa shape index (κ3) is 9.46. The Balaban J connectivity index is 1.77. The van der Waals surface area contributed by atoms with Crippen LogP contribution in [0.3, 0.4) is 0 Å². The standard InChI is InChI=1S/C28H42F2O3/c1-4-9-21(10-5-2)11-7-12-22-13-15-23(16-14-22)24-19-25(29)28(26(30)20-24)33-18-8-17-32-27(31)6-3/h6,19-23H,3-5,7-18H2,1-2H3. The number of rotatable bonds is 15. The number of carbonyl (C=O) groups excluding carboxylic acids is 1. The fourth-order valence-corrected chi connectivity index (χ4v) is 5.15. The van der Waals surface area contributed by atoms with Gasteiger partial charge in [-0.1, -0.05) is 65.4 Å². The molecular formula is C28H42F2O3. The highest BCUT2D eigenvalue weighted by molar-refractivity contribution is 5.81. The summed E-state index contributed by atoms with van der Waals surface area (Å²) < 4.78 is 39.2. The second-order valence-corrected chi connectivity index (χ2v) is 9.48. The largest absolute Gasteiger partial charge is 0.487 e. The molecule has 0 radical (unpaired) electrons. The summed E-state index contributed by atoms with van der Waals surface area (Å²) >= 11 is 0. The molecule has 0 atom stereocenters. The lowest BCUT2D eigenvalue weighted by molar-refractivity contribution is -0.137. The van der Waals surface area contributed by atoms with Crippen molar-refractivity contribution in [2.24, 2.45) is 11.8 Å². The van der Waals surface area contributed by atoms with Gasteiger partial charge in [0.25, 0.3) is 0 Å². The van der Waals surface area contributed by atoms with Gasteiger partial charge in [-0.2, -0.15) is 0 Å². The number of benzene rings is 1. The SMILES string of the molecule is C=CC(=O)OCCCOc1c(F)cc(C2CCC(CCCC(CCC)CCC)CC2)cc1F. The first kappa shape index (κ1) is 27.3. The number of carbonyl (C=O) groups is 1. The van der Waals surface area contributed by atoms with Gasteiger partial charge in [-0.25, -0.2) is 13.6 Å². The predicted molar refractivity (Wildman–Crippen MR) is 129 cm³/mol. The van der Waals surface area contributed by atoms with E-state index in [2.05, 4.69) is 20.4 Å². The van der Waals surface area contributed by atoms with E-state index in [1.54, 1.807) is 0 Å². The molecule has 0 spiro atoms. The van der Waals surface area contributed by atoms with Crippen LogP contribution in [0, 0.1) is 23.5 Å². The van der Waals surface area contributed by atoms with Gasteiger partial charge in [0, 0.05) is 12.5 Å². The van der Waals surface area contributed by atoms with Crippen molar-refractivity contribution in [1.82, 2.24) is 0 Å². The summed E-state index contributed by atoms with van der Waals surface area (Å²) in [6.07, 6.45) is 14.9. The number of hydrogen-bond donors (Lipinski definition) is 0. The minimum absolute atomic E-state index is 0.0695. The quantitative estimate of drug-likeness (QED) is 0.149. The third-order valence-electron chi connectivity index (χ3n) is 6.90. The summed E-state index contributed by atoms with van der Waals surface area (Å²) in [5.74, 6) is -0.352. The van der Waals surface area contributed by atoms with E-state index in [1.165, 1.54) is 57.1 Å². The van der Waals surface area contributed by atoms with E-state index in [0.717, 1.165) is 49.2 Å². The lowest BCUT2D eigenvalue weighted by atomic mass is 9.76. The van der Waals surface area contributed by atoms with Crippen molar-refractivity contribution in [1.29, 1.82) is 0 Å². The van der Waals surface area contributed by atoms with E-state index in [9.17, 15) is 13.6 Å². The van der Waals surface area contributed by atoms with E-state index in [0.29, 0.717) is 6.42 Å². The van der Waals surface area contributed by atoms with Crippen LogP contribution < -0.4 is 4.74 Å². The first-order chi connectivity index (χ1) is 16.0. The molecule has 0 unspecified atom stereocenters. The van der Waals surface area contributed by atoms with Crippen LogP contribution in [0.15, 0.2) is 24.8 Å². The Labute approximate surface area is 198 Å². The van der Waals surface area contributed by atoms with Crippen LogP contribution in [0.25, 0.3) is 0 Å². The molecule has 33 heavy (non-hydrogen) atoms. The van der Waals surface area contributed by atoms with Crippen molar-refractivity contribution < 1.29 is 23.0 Å². The molecule has 1 aromatic rings. The fraction of sp³-hybridized carbons (Fsp3) is 0.679. The Morgan fingerprint density at radius 2 is 1.67 bits per heavy atom. The molecule has 0 bridgehead atoms.